The first kappa shape index (κ1) is 13.7. The van der Waals surface area contributed by atoms with E-state index in [1.165, 1.54) is 42.5 Å². The van der Waals surface area contributed by atoms with Gasteiger partial charge in [-0.3, -0.25) is 4.79 Å². The summed E-state index contributed by atoms with van der Waals surface area (Å²) in [6, 6.07) is 9.80. The summed E-state index contributed by atoms with van der Waals surface area (Å²) < 4.78 is 10.7. The number of phenolic OH excluding ortho intramolecular Hbond substituents is 1. The van der Waals surface area contributed by atoms with Crippen molar-refractivity contribution in [1.29, 1.82) is 0 Å². The van der Waals surface area contributed by atoms with Gasteiger partial charge in [-0.1, -0.05) is 0 Å². The minimum absolute atomic E-state index is 0.00595. The Kier molecular flexibility index (Phi) is 3.27. The van der Waals surface area contributed by atoms with E-state index < -0.39 is 5.97 Å². The number of aromatic carboxylic acids is 1. The maximum absolute atomic E-state index is 12.3. The molecule has 22 heavy (non-hydrogen) atoms. The molecule has 2 N–H and O–H groups in total. The fraction of sp³-hybridized carbons (Fsp3) is 0. The third-order valence-electron chi connectivity index (χ3n) is 3.06. The smallest absolute Gasteiger partial charge is 0.335 e. The van der Waals surface area contributed by atoms with Gasteiger partial charge in [-0.15, -0.1) is 0 Å². The monoisotopic (exact) mass is 298 g/mol. The molecule has 6 nitrogen and oxygen atoms in total. The number of fused-ring (bicyclic) bond motifs is 1. The Bertz CT molecular complexity index is 908. The van der Waals surface area contributed by atoms with E-state index in [0.717, 1.165) is 6.26 Å². The van der Waals surface area contributed by atoms with Crippen molar-refractivity contribution in [2.45, 2.75) is 0 Å². The Morgan fingerprint density at radius 1 is 1.09 bits per heavy atom. The predicted molar refractivity (Wildman–Crippen MR) is 77.6 cm³/mol. The van der Waals surface area contributed by atoms with Crippen molar-refractivity contribution >= 4 is 16.9 Å². The average molecular weight is 298 g/mol. The SMILES string of the molecule is O=C(O)c1ccc(Oc2coc3cc(O)ccc3c2=O)cc1. The zero-order valence-corrected chi connectivity index (χ0v) is 11.1. The quantitative estimate of drug-likeness (QED) is 0.771. The first-order valence-electron chi connectivity index (χ1n) is 6.30. The second-order valence-corrected chi connectivity index (χ2v) is 4.54. The largest absolute Gasteiger partial charge is 0.508 e. The van der Waals surface area contributed by atoms with Crippen LogP contribution in [0.2, 0.25) is 0 Å². The van der Waals surface area contributed by atoms with Crippen molar-refractivity contribution in [2.75, 3.05) is 0 Å². The second-order valence-electron chi connectivity index (χ2n) is 4.54. The molecule has 6 heteroatoms. The Morgan fingerprint density at radius 2 is 1.82 bits per heavy atom. The van der Waals surface area contributed by atoms with Crippen LogP contribution in [0.5, 0.6) is 17.2 Å². The number of hydrogen-bond donors (Lipinski definition) is 2. The topological polar surface area (TPSA) is 97.0 Å². The number of carboxylic acids is 1. The highest BCUT2D eigenvalue weighted by Crippen LogP contribution is 2.23. The van der Waals surface area contributed by atoms with E-state index in [1.54, 1.807) is 0 Å². The summed E-state index contributed by atoms with van der Waals surface area (Å²) in [6.45, 7) is 0. The van der Waals surface area contributed by atoms with Crippen LogP contribution >= 0.6 is 0 Å². The molecule has 1 aromatic heterocycles. The van der Waals surface area contributed by atoms with Gasteiger partial charge in [-0.05, 0) is 36.4 Å². The molecule has 0 bridgehead atoms. The molecule has 0 aliphatic carbocycles. The third-order valence-corrected chi connectivity index (χ3v) is 3.06. The highest BCUT2D eigenvalue weighted by molar-refractivity contribution is 5.87. The van der Waals surface area contributed by atoms with Crippen LogP contribution in [-0.2, 0) is 0 Å². The lowest BCUT2D eigenvalue weighted by Crippen LogP contribution is -2.05. The van der Waals surface area contributed by atoms with Crippen LogP contribution in [0, 0.1) is 0 Å². The molecule has 2 aromatic carbocycles. The van der Waals surface area contributed by atoms with Crippen molar-refractivity contribution in [2.24, 2.45) is 0 Å². The average Bonchev–Trinajstić information content (AvgIpc) is 2.50. The normalized spacial score (nSPS) is 10.5. The zero-order chi connectivity index (χ0) is 15.7. The molecular weight excluding hydrogens is 288 g/mol. The number of benzene rings is 2. The summed E-state index contributed by atoms with van der Waals surface area (Å²) in [6.07, 6.45) is 1.15. The number of ether oxygens (including phenoxy) is 1. The lowest BCUT2D eigenvalue weighted by Gasteiger charge is -2.06. The van der Waals surface area contributed by atoms with E-state index in [-0.39, 0.29) is 33.5 Å². The molecule has 0 amide bonds. The first-order valence-corrected chi connectivity index (χ1v) is 6.30. The van der Waals surface area contributed by atoms with E-state index in [1.807, 2.05) is 0 Å². The maximum atomic E-state index is 12.3. The van der Waals surface area contributed by atoms with E-state index in [9.17, 15) is 14.7 Å². The van der Waals surface area contributed by atoms with Crippen LogP contribution in [0.4, 0.5) is 0 Å². The van der Waals surface area contributed by atoms with E-state index in [2.05, 4.69) is 0 Å². The van der Waals surface area contributed by atoms with Crippen molar-refractivity contribution < 1.29 is 24.2 Å². The van der Waals surface area contributed by atoms with Gasteiger partial charge in [0.15, 0.2) is 0 Å². The van der Waals surface area contributed by atoms with Crippen molar-refractivity contribution in [3.8, 4) is 17.2 Å². The third kappa shape index (κ3) is 2.49. The second kappa shape index (κ2) is 5.25. The molecule has 0 aliphatic rings. The number of rotatable bonds is 3. The summed E-state index contributed by atoms with van der Waals surface area (Å²) in [7, 11) is 0. The number of phenols is 1. The molecule has 0 aliphatic heterocycles. The van der Waals surface area contributed by atoms with Crippen LogP contribution in [0.15, 0.2) is 57.9 Å². The van der Waals surface area contributed by atoms with Gasteiger partial charge in [0.05, 0.1) is 10.9 Å². The molecule has 0 saturated carbocycles. The summed E-state index contributed by atoms with van der Waals surface area (Å²) in [5.74, 6) is -0.762. The van der Waals surface area contributed by atoms with Gasteiger partial charge in [0.25, 0.3) is 0 Å². The maximum Gasteiger partial charge on any atom is 0.335 e. The van der Waals surface area contributed by atoms with Crippen molar-refractivity contribution in [3.63, 3.8) is 0 Å². The summed E-state index contributed by atoms with van der Waals surface area (Å²) >= 11 is 0. The lowest BCUT2D eigenvalue weighted by molar-refractivity contribution is 0.0697. The molecule has 0 spiro atoms. The number of hydrogen-bond acceptors (Lipinski definition) is 5. The van der Waals surface area contributed by atoms with Gasteiger partial charge < -0.3 is 19.4 Å². The van der Waals surface area contributed by atoms with Gasteiger partial charge in [-0.25, -0.2) is 4.79 Å². The minimum Gasteiger partial charge on any atom is -0.508 e. The Hall–Kier alpha value is -3.28. The van der Waals surface area contributed by atoms with E-state index in [4.69, 9.17) is 14.3 Å². The molecule has 0 fully saturated rings. The molecule has 3 aromatic rings. The van der Waals surface area contributed by atoms with Crippen molar-refractivity contribution in [1.82, 2.24) is 0 Å². The fourth-order valence-corrected chi connectivity index (χ4v) is 1.96. The van der Waals surface area contributed by atoms with Crippen LogP contribution in [-0.4, -0.2) is 16.2 Å². The molecule has 0 saturated heterocycles. The van der Waals surface area contributed by atoms with Gasteiger partial charge in [0.1, 0.15) is 23.3 Å². The van der Waals surface area contributed by atoms with Crippen LogP contribution in [0.3, 0.4) is 0 Å². The van der Waals surface area contributed by atoms with Gasteiger partial charge in [0.2, 0.25) is 11.2 Å². The molecule has 3 rings (SSSR count). The summed E-state index contributed by atoms with van der Waals surface area (Å²) in [4.78, 5) is 23.0. The lowest BCUT2D eigenvalue weighted by atomic mass is 10.2. The number of carboxylic acid groups (broad SMARTS) is 1. The van der Waals surface area contributed by atoms with Crippen LogP contribution in [0.25, 0.3) is 11.0 Å². The zero-order valence-electron chi connectivity index (χ0n) is 11.1. The van der Waals surface area contributed by atoms with Gasteiger partial charge in [-0.2, -0.15) is 0 Å². The summed E-state index contributed by atoms with van der Waals surface area (Å²) in [5.41, 5.74) is -0.0180. The Morgan fingerprint density at radius 3 is 2.50 bits per heavy atom. The highest BCUT2D eigenvalue weighted by Gasteiger charge is 2.10. The molecule has 0 radical (unpaired) electrons. The highest BCUT2D eigenvalue weighted by atomic mass is 16.5. The van der Waals surface area contributed by atoms with Crippen LogP contribution < -0.4 is 10.2 Å². The van der Waals surface area contributed by atoms with Crippen LogP contribution in [0.1, 0.15) is 10.4 Å². The number of carbonyl (C=O) groups is 1. The molecule has 0 atom stereocenters. The Labute approximate surface area is 123 Å². The standard InChI is InChI=1S/C16H10O6/c17-10-3-6-12-13(7-10)21-8-14(15(12)18)22-11-4-1-9(2-5-11)16(19)20/h1-8,17H,(H,19,20). The molecule has 0 unspecified atom stereocenters. The Balaban J connectivity index is 1.97. The summed E-state index contributed by atoms with van der Waals surface area (Å²) in [5, 5.41) is 18.5. The van der Waals surface area contributed by atoms with Crippen molar-refractivity contribution in [3.05, 3.63) is 64.5 Å². The predicted octanol–water partition coefficient (Wildman–Crippen LogP) is 2.99. The number of aromatic hydroxyl groups is 1. The fourth-order valence-electron chi connectivity index (χ4n) is 1.96. The molecule has 1 heterocycles. The van der Waals surface area contributed by atoms with E-state index in [0.29, 0.717) is 5.75 Å². The molecule has 110 valence electrons. The van der Waals surface area contributed by atoms with Gasteiger partial charge in [0, 0.05) is 6.07 Å². The van der Waals surface area contributed by atoms with Gasteiger partial charge >= 0.3 is 5.97 Å². The molecular formula is C16H10O6. The first-order chi connectivity index (χ1) is 10.5. The minimum atomic E-state index is -1.04. The van der Waals surface area contributed by atoms with E-state index >= 15 is 0 Å².